The fourth-order valence-electron chi connectivity index (χ4n) is 5.65. The van der Waals surface area contributed by atoms with Crippen LogP contribution in [0, 0.1) is 31.1 Å². The topological polar surface area (TPSA) is 400 Å². The average Bonchev–Trinajstić information content (AvgIpc) is 3.09. The summed E-state index contributed by atoms with van der Waals surface area (Å²) in [5.74, 6) is -3.08. The van der Waals surface area contributed by atoms with Gasteiger partial charge < -0.3 is 31.9 Å². The number of rotatable bonds is 9. The zero-order valence-corrected chi connectivity index (χ0v) is 36.3. The molecule has 0 saturated carbocycles. The zero-order valence-electron chi connectivity index (χ0n) is 28.8. The number of azo groups is 2. The van der Waals surface area contributed by atoms with Gasteiger partial charge in [-0.1, -0.05) is 12.1 Å². The smallest absolute Gasteiger partial charge is 0.296 e. The number of phenolic OH excluding ortho intramolecular Hbond substituents is 4. The Morgan fingerprint density at radius 3 is 1.07 bits per heavy atom. The minimum Gasteiger partial charge on any atom is -0.506 e. The second kappa shape index (κ2) is 15.6. The van der Waals surface area contributed by atoms with Gasteiger partial charge in [-0.2, -0.15) is 33.7 Å². The molecule has 0 aliphatic heterocycles. The summed E-state index contributed by atoms with van der Waals surface area (Å²) in [5.41, 5.74) is 8.99. The molecule has 6 rings (SSSR count). The van der Waals surface area contributed by atoms with E-state index in [2.05, 4.69) is 20.5 Å². The van der Waals surface area contributed by atoms with Gasteiger partial charge in [-0.3, -0.25) is 18.2 Å². The number of fused-ring (bicyclic) bond motifs is 2. The summed E-state index contributed by atoms with van der Waals surface area (Å²) in [4.78, 5) is -3.57. The summed E-state index contributed by atoms with van der Waals surface area (Å²) in [6.07, 6.45) is 0. The van der Waals surface area contributed by atoms with Crippen molar-refractivity contribution in [2.24, 2.45) is 20.5 Å². The van der Waals surface area contributed by atoms with Gasteiger partial charge in [0.2, 0.25) is 0 Å². The van der Waals surface area contributed by atoms with E-state index in [1.165, 1.54) is 24.3 Å². The monoisotopic (exact) mass is 1110 g/mol. The number of hydrogen-bond acceptors (Lipinski definition) is 18. The quantitative estimate of drug-likeness (QED) is 0.0488. The van der Waals surface area contributed by atoms with E-state index in [0.29, 0.717) is 0 Å². The first-order valence-corrected chi connectivity index (χ1v) is 21.1. The Bertz CT molecular complexity index is 3090. The van der Waals surface area contributed by atoms with Gasteiger partial charge in [-0.05, 0) is 82.6 Å². The first-order valence-electron chi connectivity index (χ1n) is 15.3. The molecule has 6 aromatic carbocycles. The van der Waals surface area contributed by atoms with E-state index in [9.17, 15) is 72.3 Å². The predicted octanol–water partition coefficient (Wildman–Crippen LogP) is 5.46. The van der Waals surface area contributed by atoms with E-state index in [-0.39, 0.29) is 75.2 Å². The van der Waals surface area contributed by atoms with E-state index in [1.807, 2.05) is 0 Å². The molecule has 0 aliphatic carbocycles. The maximum absolute atomic E-state index is 12.2. The first-order chi connectivity index (χ1) is 26.8. The number of hydrogen-bond donors (Lipinski definition) is 10. The Labute approximate surface area is 355 Å². The van der Waals surface area contributed by atoms with Crippen molar-refractivity contribution in [1.82, 2.24) is 0 Å². The van der Waals surface area contributed by atoms with Crippen molar-refractivity contribution in [2.45, 2.75) is 19.6 Å². The number of phenols is 4. The molecule has 0 bridgehead atoms. The van der Waals surface area contributed by atoms with Crippen molar-refractivity contribution in [1.29, 1.82) is 0 Å². The Kier molecular flexibility index (Phi) is 11.8. The van der Waals surface area contributed by atoms with Crippen LogP contribution in [0.1, 0.15) is 0 Å². The van der Waals surface area contributed by atoms with Crippen molar-refractivity contribution < 1.29 is 103 Å². The van der Waals surface area contributed by atoms with Crippen LogP contribution in [0.15, 0.2) is 113 Å². The molecule has 306 valence electrons. The van der Waals surface area contributed by atoms with Crippen LogP contribution in [0.3, 0.4) is 0 Å². The van der Waals surface area contributed by atoms with Gasteiger partial charge in [0, 0.05) is 53.3 Å². The molecule has 0 aliphatic rings. The SMILES string of the molecule is Nc1cc(S(=O)(=O)O)cc2cc(S(=O)(=O)O)c(N=Nc3ccc(-c4ccc(N=Nc5c(S(=O)(=O)O)cc6cc(S(=O)(=O)O)cc(N)c6c5O)c(O)c4)cc3O)c(O)c12.[U]. The van der Waals surface area contributed by atoms with Gasteiger partial charge in [0.25, 0.3) is 40.5 Å². The van der Waals surface area contributed by atoms with Crippen molar-refractivity contribution in [3.63, 3.8) is 0 Å². The van der Waals surface area contributed by atoms with Crippen molar-refractivity contribution in [3.05, 3.63) is 72.8 Å². The van der Waals surface area contributed by atoms with Gasteiger partial charge in [0.05, 0.1) is 9.79 Å². The van der Waals surface area contributed by atoms with Gasteiger partial charge in [0.15, 0.2) is 11.5 Å². The summed E-state index contributed by atoms with van der Waals surface area (Å²) in [5, 5.41) is 56.9. The second-order valence-corrected chi connectivity index (χ2v) is 17.7. The van der Waals surface area contributed by atoms with Crippen LogP contribution in [0.2, 0.25) is 0 Å². The molecular weight excluding hydrogens is 1090 g/mol. The van der Waals surface area contributed by atoms with Crippen LogP contribution in [-0.2, 0) is 40.5 Å². The van der Waals surface area contributed by atoms with Crippen LogP contribution in [-0.4, -0.2) is 72.3 Å². The first kappa shape index (κ1) is 44.6. The molecule has 0 spiro atoms. The molecule has 22 nitrogen and oxygen atoms in total. The molecule has 0 fully saturated rings. The number of anilines is 2. The number of nitrogens with zero attached hydrogens (tertiary/aromatic N) is 4. The Hall–Kier alpha value is -5.47. The van der Waals surface area contributed by atoms with E-state index in [1.54, 1.807) is 0 Å². The fourth-order valence-corrected chi connectivity index (χ4v) is 8.07. The molecule has 59 heavy (non-hydrogen) atoms. The summed E-state index contributed by atoms with van der Waals surface area (Å²) >= 11 is 0. The van der Waals surface area contributed by atoms with E-state index in [0.717, 1.165) is 48.5 Å². The molecule has 12 N–H and O–H groups in total. The largest absolute Gasteiger partial charge is 0.506 e. The maximum atomic E-state index is 12.2. The van der Waals surface area contributed by atoms with Crippen LogP contribution in [0.25, 0.3) is 32.7 Å². The van der Waals surface area contributed by atoms with E-state index >= 15 is 0 Å². The van der Waals surface area contributed by atoms with Gasteiger partial charge in [-0.25, -0.2) is 0 Å². The molecule has 0 atom stereocenters. The summed E-state index contributed by atoms with van der Waals surface area (Å²) in [7, 11) is -20.0. The molecule has 0 amide bonds. The minimum absolute atomic E-state index is 0. The fraction of sp³-hybridized carbons (Fsp3) is 0. The summed E-state index contributed by atoms with van der Waals surface area (Å²) in [6.45, 7) is 0. The standard InChI is InChI=1S/C32H24N6O16S4.U/c33-19-11-17(55(43,44)45)5-15-9-25(57(49,50)51)29(31(41)27(15)19)37-35-21-3-1-13(7-23(21)39)14-2-4-22(24(40)8-14)36-38-30-26(58(52,53)54)10-16-6-18(56(46,47)48)12-20(34)28(16)32(30)42;/h1-12,39-42H,33-34H2,(H,43,44,45)(H,46,47,48)(H,49,50,51)(H,52,53,54);. The number of nitrogens with two attached hydrogens (primary N) is 2. The molecule has 27 heteroatoms. The number of benzene rings is 6. The zero-order chi connectivity index (χ0) is 42.9. The second-order valence-electron chi connectivity index (χ2n) is 12.1. The molecule has 0 heterocycles. The third kappa shape index (κ3) is 8.93. The summed E-state index contributed by atoms with van der Waals surface area (Å²) < 4.78 is 134. The predicted molar refractivity (Wildman–Crippen MR) is 203 cm³/mol. The van der Waals surface area contributed by atoms with Crippen LogP contribution in [0.4, 0.5) is 34.1 Å². The normalized spacial score (nSPS) is 12.7. The van der Waals surface area contributed by atoms with Crippen LogP contribution < -0.4 is 11.5 Å². The Morgan fingerprint density at radius 1 is 0.441 bits per heavy atom. The third-order valence-corrected chi connectivity index (χ3v) is 11.7. The van der Waals surface area contributed by atoms with Gasteiger partial charge in [-0.15, -0.1) is 20.5 Å². The molecule has 6 aromatic rings. The van der Waals surface area contributed by atoms with Crippen LogP contribution >= 0.6 is 0 Å². The van der Waals surface area contributed by atoms with Crippen molar-refractivity contribution in [3.8, 4) is 34.1 Å². The van der Waals surface area contributed by atoms with Crippen molar-refractivity contribution in [2.75, 3.05) is 11.5 Å². The van der Waals surface area contributed by atoms with Gasteiger partial charge >= 0.3 is 0 Å². The Balaban J connectivity index is 0.00000661. The minimum atomic E-state index is -5.17. The van der Waals surface area contributed by atoms with E-state index < -0.39 is 106 Å². The molecular formula is C32H24N6O16S4U. The third-order valence-electron chi connectivity index (χ3n) is 8.26. The molecule has 0 aromatic heterocycles. The summed E-state index contributed by atoms with van der Waals surface area (Å²) in [6, 6.07) is 11.9. The number of nitrogen functional groups attached to an aromatic ring is 2. The average molecular weight is 1110 g/mol. The van der Waals surface area contributed by atoms with E-state index in [4.69, 9.17) is 11.5 Å². The molecule has 0 unspecified atom stereocenters. The maximum Gasteiger partial charge on any atom is 0.296 e. The molecule has 0 saturated heterocycles. The number of aromatic hydroxyl groups is 4. The van der Waals surface area contributed by atoms with Crippen LogP contribution in [0.5, 0.6) is 23.0 Å². The van der Waals surface area contributed by atoms with Crippen molar-refractivity contribution >= 4 is 96.1 Å². The molecule has 0 radical (unpaired) electrons. The Morgan fingerprint density at radius 2 is 0.780 bits per heavy atom. The van der Waals surface area contributed by atoms with Gasteiger partial charge in [0.1, 0.15) is 44.0 Å².